The highest BCUT2D eigenvalue weighted by Crippen LogP contribution is 2.18. The van der Waals surface area contributed by atoms with Gasteiger partial charge in [-0.25, -0.2) is 0 Å². The fourth-order valence-corrected chi connectivity index (χ4v) is 2.98. The summed E-state index contributed by atoms with van der Waals surface area (Å²) in [6.07, 6.45) is 5.01. The van der Waals surface area contributed by atoms with E-state index in [1.807, 2.05) is 11.9 Å². The first-order valence-corrected chi connectivity index (χ1v) is 6.91. The third-order valence-electron chi connectivity index (χ3n) is 3.97. The van der Waals surface area contributed by atoms with Crippen molar-refractivity contribution < 1.29 is 14.6 Å². The number of hydrogen-bond donors (Lipinski definition) is 1. The highest BCUT2D eigenvalue weighted by atomic mass is 16.5. The van der Waals surface area contributed by atoms with E-state index in [9.17, 15) is 4.79 Å². The molecule has 0 amide bonds. The van der Waals surface area contributed by atoms with E-state index in [0.717, 1.165) is 39.1 Å². The van der Waals surface area contributed by atoms with Crippen molar-refractivity contribution in [1.82, 2.24) is 9.80 Å². The Hall–Kier alpha value is -0.650. The van der Waals surface area contributed by atoms with Crippen molar-refractivity contribution in [3.8, 4) is 0 Å². The van der Waals surface area contributed by atoms with Gasteiger partial charge in [0.2, 0.25) is 0 Å². The number of hydrogen-bond acceptors (Lipinski definition) is 4. The molecule has 18 heavy (non-hydrogen) atoms. The highest BCUT2D eigenvalue weighted by Gasteiger charge is 2.27. The molecule has 0 aromatic heterocycles. The number of aliphatic carboxylic acids is 1. The quantitative estimate of drug-likeness (QED) is 0.782. The Bertz CT molecular complexity index is 279. The van der Waals surface area contributed by atoms with Gasteiger partial charge in [-0.2, -0.15) is 0 Å². The number of likely N-dealkylation sites (N-methyl/N-ethyl adjacent to an activating group) is 1. The number of carboxylic acids is 1. The van der Waals surface area contributed by atoms with E-state index < -0.39 is 5.97 Å². The van der Waals surface area contributed by atoms with Crippen LogP contribution in [0.4, 0.5) is 0 Å². The number of carboxylic acid groups (broad SMARTS) is 1. The number of piperidine rings is 1. The Labute approximate surface area is 109 Å². The zero-order valence-electron chi connectivity index (χ0n) is 11.2. The Morgan fingerprint density at radius 1 is 1.44 bits per heavy atom. The molecule has 1 N–H and O–H groups in total. The van der Waals surface area contributed by atoms with E-state index in [-0.39, 0.29) is 6.54 Å². The molecule has 2 rings (SSSR count). The average molecular weight is 256 g/mol. The van der Waals surface area contributed by atoms with Gasteiger partial charge in [0.1, 0.15) is 0 Å². The molecule has 0 radical (unpaired) electrons. The number of likely N-dealkylation sites (tertiary alicyclic amines) is 1. The molecule has 2 fully saturated rings. The van der Waals surface area contributed by atoms with E-state index in [1.165, 1.54) is 12.8 Å². The van der Waals surface area contributed by atoms with Crippen LogP contribution in [0.3, 0.4) is 0 Å². The molecule has 2 saturated heterocycles. The van der Waals surface area contributed by atoms with Gasteiger partial charge in [0.05, 0.1) is 12.6 Å². The minimum Gasteiger partial charge on any atom is -0.480 e. The lowest BCUT2D eigenvalue weighted by Gasteiger charge is -2.37. The number of ether oxygens (including phenoxy) is 1. The minimum atomic E-state index is -0.742. The van der Waals surface area contributed by atoms with Gasteiger partial charge in [-0.3, -0.25) is 14.6 Å². The van der Waals surface area contributed by atoms with E-state index in [4.69, 9.17) is 9.84 Å². The Kier molecular flexibility index (Phi) is 4.97. The lowest BCUT2D eigenvalue weighted by Crippen LogP contribution is -2.49. The van der Waals surface area contributed by atoms with Gasteiger partial charge < -0.3 is 9.84 Å². The molecule has 2 aliphatic heterocycles. The molecule has 0 spiro atoms. The monoisotopic (exact) mass is 256 g/mol. The van der Waals surface area contributed by atoms with E-state index in [0.29, 0.717) is 12.1 Å². The summed E-state index contributed by atoms with van der Waals surface area (Å²) in [5.74, 6) is -0.742. The maximum Gasteiger partial charge on any atom is 0.317 e. The lowest BCUT2D eigenvalue weighted by atomic mass is 10.0. The maximum absolute atomic E-state index is 10.7. The van der Waals surface area contributed by atoms with Gasteiger partial charge >= 0.3 is 5.97 Å². The SMILES string of the molecule is CN(CC(=O)O)C1CCCN(CC2CCCO2)C1. The Balaban J connectivity index is 1.78. The second-order valence-electron chi connectivity index (χ2n) is 5.50. The molecule has 2 atom stereocenters. The van der Waals surface area contributed by atoms with E-state index >= 15 is 0 Å². The van der Waals surface area contributed by atoms with Crippen LogP contribution in [-0.2, 0) is 9.53 Å². The zero-order valence-corrected chi connectivity index (χ0v) is 11.2. The highest BCUT2D eigenvalue weighted by molar-refractivity contribution is 5.69. The van der Waals surface area contributed by atoms with Gasteiger partial charge in [-0.1, -0.05) is 0 Å². The summed E-state index contributed by atoms with van der Waals surface area (Å²) in [7, 11) is 1.91. The van der Waals surface area contributed by atoms with Gasteiger partial charge in [0.25, 0.3) is 0 Å². The van der Waals surface area contributed by atoms with Crippen LogP contribution in [0.1, 0.15) is 25.7 Å². The van der Waals surface area contributed by atoms with Crippen molar-refractivity contribution in [2.24, 2.45) is 0 Å². The van der Waals surface area contributed by atoms with Crippen LogP contribution in [-0.4, -0.2) is 72.9 Å². The van der Waals surface area contributed by atoms with Crippen molar-refractivity contribution in [1.29, 1.82) is 0 Å². The van der Waals surface area contributed by atoms with Crippen LogP contribution in [0.5, 0.6) is 0 Å². The number of carbonyl (C=O) groups is 1. The van der Waals surface area contributed by atoms with Crippen LogP contribution in [0.15, 0.2) is 0 Å². The van der Waals surface area contributed by atoms with Crippen molar-refractivity contribution in [3.63, 3.8) is 0 Å². The molecule has 2 heterocycles. The van der Waals surface area contributed by atoms with Crippen LogP contribution in [0, 0.1) is 0 Å². The van der Waals surface area contributed by atoms with Crippen molar-refractivity contribution in [3.05, 3.63) is 0 Å². The minimum absolute atomic E-state index is 0.137. The lowest BCUT2D eigenvalue weighted by molar-refractivity contribution is -0.138. The van der Waals surface area contributed by atoms with Gasteiger partial charge in [-0.05, 0) is 39.3 Å². The fraction of sp³-hybridized carbons (Fsp3) is 0.923. The maximum atomic E-state index is 10.7. The van der Waals surface area contributed by atoms with Gasteiger partial charge in [0.15, 0.2) is 0 Å². The molecule has 5 nitrogen and oxygen atoms in total. The topological polar surface area (TPSA) is 53.0 Å². The van der Waals surface area contributed by atoms with Crippen LogP contribution in [0.2, 0.25) is 0 Å². The van der Waals surface area contributed by atoms with Crippen molar-refractivity contribution >= 4 is 5.97 Å². The molecule has 0 aliphatic carbocycles. The fourth-order valence-electron chi connectivity index (χ4n) is 2.98. The zero-order chi connectivity index (χ0) is 13.0. The third kappa shape index (κ3) is 3.93. The second-order valence-corrected chi connectivity index (χ2v) is 5.50. The first-order valence-electron chi connectivity index (χ1n) is 6.91. The van der Waals surface area contributed by atoms with Gasteiger partial charge in [-0.15, -0.1) is 0 Å². The summed E-state index contributed by atoms with van der Waals surface area (Å²) in [5.41, 5.74) is 0. The normalized spacial score (nSPS) is 29.9. The van der Waals surface area contributed by atoms with Crippen molar-refractivity contribution in [2.75, 3.05) is 39.8 Å². The second kappa shape index (κ2) is 6.50. The van der Waals surface area contributed by atoms with Crippen LogP contribution in [0.25, 0.3) is 0 Å². The molecule has 0 aromatic rings. The summed E-state index contributed by atoms with van der Waals surface area (Å²) >= 11 is 0. The predicted molar refractivity (Wildman–Crippen MR) is 68.7 cm³/mol. The summed E-state index contributed by atoms with van der Waals surface area (Å²) < 4.78 is 5.67. The molecular weight excluding hydrogens is 232 g/mol. The van der Waals surface area contributed by atoms with Gasteiger partial charge in [0, 0.05) is 25.7 Å². The standard InChI is InChI=1S/C13H24N2O3/c1-14(10-13(16)17)11-4-2-6-15(8-11)9-12-5-3-7-18-12/h11-12H,2-10H2,1H3,(H,16,17). The average Bonchev–Trinajstić information content (AvgIpc) is 2.81. The number of rotatable bonds is 5. The first kappa shape index (κ1) is 13.8. The molecule has 2 unspecified atom stereocenters. The van der Waals surface area contributed by atoms with E-state index in [1.54, 1.807) is 0 Å². The Morgan fingerprint density at radius 3 is 2.94 bits per heavy atom. The van der Waals surface area contributed by atoms with Crippen LogP contribution < -0.4 is 0 Å². The molecule has 5 heteroatoms. The van der Waals surface area contributed by atoms with Crippen molar-refractivity contribution in [2.45, 2.75) is 37.8 Å². The predicted octanol–water partition coefficient (Wildman–Crippen LogP) is 0.646. The first-order chi connectivity index (χ1) is 8.65. The summed E-state index contributed by atoms with van der Waals surface area (Å²) in [6, 6.07) is 0.372. The van der Waals surface area contributed by atoms with E-state index in [2.05, 4.69) is 4.90 Å². The molecule has 0 bridgehead atoms. The Morgan fingerprint density at radius 2 is 2.28 bits per heavy atom. The molecule has 104 valence electrons. The third-order valence-corrected chi connectivity index (χ3v) is 3.97. The summed E-state index contributed by atoms with van der Waals surface area (Å²) in [6.45, 7) is 4.15. The molecular formula is C13H24N2O3. The molecule has 2 aliphatic rings. The summed E-state index contributed by atoms with van der Waals surface area (Å²) in [4.78, 5) is 15.1. The summed E-state index contributed by atoms with van der Waals surface area (Å²) in [5, 5.41) is 8.83. The smallest absolute Gasteiger partial charge is 0.317 e. The largest absolute Gasteiger partial charge is 0.480 e. The van der Waals surface area contributed by atoms with Crippen LogP contribution >= 0.6 is 0 Å². The molecule has 0 aromatic carbocycles. The molecule has 0 saturated carbocycles. The number of nitrogens with zero attached hydrogens (tertiary/aromatic N) is 2.